The van der Waals surface area contributed by atoms with Gasteiger partial charge in [0, 0.05) is 12.3 Å². The third kappa shape index (κ3) is 7.11. The normalized spacial score (nSPS) is 11.2. The third-order valence-electron chi connectivity index (χ3n) is 5.15. The van der Waals surface area contributed by atoms with Gasteiger partial charge in [-0.15, -0.1) is 0 Å². The summed E-state index contributed by atoms with van der Waals surface area (Å²) in [5.74, 6) is 1.53. The van der Waals surface area contributed by atoms with Crippen molar-refractivity contribution in [1.82, 2.24) is 5.32 Å². The predicted molar refractivity (Wildman–Crippen MR) is 137 cm³/mol. The van der Waals surface area contributed by atoms with Crippen molar-refractivity contribution in [1.29, 1.82) is 0 Å². The molecule has 0 fully saturated rings. The summed E-state index contributed by atoms with van der Waals surface area (Å²) < 4.78 is 28.1. The standard InChI is InChI=1S/C26H30N2O3S2/c1-21-14-15-22(2)25(18-21)28(33(30,31)24-12-7-4-8-13-24)19-26(29)27-16-9-17-32-20-23-10-5-3-6-11-23/h3-8,10-15,18H,9,16-17,19-20H2,1-2H3,(H,27,29). The number of benzene rings is 3. The van der Waals surface area contributed by atoms with Crippen LogP contribution in [0.3, 0.4) is 0 Å². The zero-order chi connectivity index (χ0) is 23.7. The molecular formula is C26H30N2O3S2. The first kappa shape index (κ1) is 24.9. The van der Waals surface area contributed by atoms with Gasteiger partial charge in [0.25, 0.3) is 10.0 Å². The number of rotatable bonds is 11. The smallest absolute Gasteiger partial charge is 0.264 e. The van der Waals surface area contributed by atoms with E-state index in [0.29, 0.717) is 12.2 Å². The number of carbonyl (C=O) groups excluding carboxylic acids is 1. The molecule has 1 amide bonds. The van der Waals surface area contributed by atoms with Crippen molar-refractivity contribution in [2.45, 2.75) is 30.9 Å². The van der Waals surface area contributed by atoms with Crippen LogP contribution in [0, 0.1) is 13.8 Å². The Morgan fingerprint density at radius 3 is 2.30 bits per heavy atom. The Morgan fingerprint density at radius 1 is 0.939 bits per heavy atom. The number of thioether (sulfide) groups is 1. The Kier molecular flexibility index (Phi) is 8.97. The second kappa shape index (κ2) is 11.9. The van der Waals surface area contributed by atoms with Crippen LogP contribution >= 0.6 is 11.8 Å². The summed E-state index contributed by atoms with van der Waals surface area (Å²) in [5.41, 5.74) is 3.53. The molecule has 0 radical (unpaired) electrons. The summed E-state index contributed by atoms with van der Waals surface area (Å²) in [6.45, 7) is 4.00. The highest BCUT2D eigenvalue weighted by Gasteiger charge is 2.28. The molecule has 7 heteroatoms. The van der Waals surface area contributed by atoms with Gasteiger partial charge in [-0.3, -0.25) is 9.10 Å². The quantitative estimate of drug-likeness (QED) is 0.393. The predicted octanol–water partition coefficient (Wildman–Crippen LogP) is 4.94. The second-order valence-electron chi connectivity index (χ2n) is 7.86. The first-order valence-corrected chi connectivity index (χ1v) is 13.5. The number of amides is 1. The molecule has 0 unspecified atom stereocenters. The maximum Gasteiger partial charge on any atom is 0.264 e. The van der Waals surface area contributed by atoms with Crippen LogP contribution in [0.4, 0.5) is 5.69 Å². The molecule has 0 aliphatic heterocycles. The Hall–Kier alpha value is -2.77. The topological polar surface area (TPSA) is 66.5 Å². The van der Waals surface area contributed by atoms with Gasteiger partial charge < -0.3 is 5.32 Å². The number of sulfonamides is 1. The van der Waals surface area contributed by atoms with Crippen LogP contribution in [0.25, 0.3) is 0 Å². The van der Waals surface area contributed by atoms with Crippen molar-refractivity contribution < 1.29 is 13.2 Å². The van der Waals surface area contributed by atoms with E-state index in [1.54, 1.807) is 30.3 Å². The molecule has 0 heterocycles. The van der Waals surface area contributed by atoms with Crippen LogP contribution in [-0.2, 0) is 20.6 Å². The fourth-order valence-electron chi connectivity index (χ4n) is 3.36. The zero-order valence-electron chi connectivity index (χ0n) is 19.0. The molecule has 174 valence electrons. The molecule has 0 saturated heterocycles. The maximum atomic E-state index is 13.4. The minimum absolute atomic E-state index is 0.163. The lowest BCUT2D eigenvalue weighted by atomic mass is 10.1. The molecule has 5 nitrogen and oxygen atoms in total. The molecule has 1 N–H and O–H groups in total. The van der Waals surface area contributed by atoms with Crippen molar-refractivity contribution in [3.05, 3.63) is 95.6 Å². The van der Waals surface area contributed by atoms with E-state index < -0.39 is 10.0 Å². The molecular weight excluding hydrogens is 452 g/mol. The van der Waals surface area contributed by atoms with Gasteiger partial charge in [0.05, 0.1) is 10.6 Å². The summed E-state index contributed by atoms with van der Waals surface area (Å²) in [4.78, 5) is 12.9. The number of nitrogens with zero attached hydrogens (tertiary/aromatic N) is 1. The molecule has 33 heavy (non-hydrogen) atoms. The lowest BCUT2D eigenvalue weighted by molar-refractivity contribution is -0.119. The number of hydrogen-bond acceptors (Lipinski definition) is 4. The average Bonchev–Trinajstić information content (AvgIpc) is 2.82. The van der Waals surface area contributed by atoms with Crippen molar-refractivity contribution in [2.75, 3.05) is 23.1 Å². The molecule has 0 bridgehead atoms. The van der Waals surface area contributed by atoms with E-state index in [1.165, 1.54) is 9.87 Å². The Balaban J connectivity index is 1.62. The van der Waals surface area contributed by atoms with Gasteiger partial charge in [0.2, 0.25) is 5.91 Å². The lowest BCUT2D eigenvalue weighted by Crippen LogP contribution is -2.41. The van der Waals surface area contributed by atoms with Crippen LogP contribution in [-0.4, -0.2) is 33.2 Å². The molecule has 3 aromatic carbocycles. The number of nitrogens with one attached hydrogen (secondary N) is 1. The largest absolute Gasteiger partial charge is 0.354 e. The monoisotopic (exact) mass is 482 g/mol. The number of anilines is 1. The van der Waals surface area contributed by atoms with E-state index in [9.17, 15) is 13.2 Å². The molecule has 3 aromatic rings. The van der Waals surface area contributed by atoms with Gasteiger partial charge in [-0.2, -0.15) is 11.8 Å². The summed E-state index contributed by atoms with van der Waals surface area (Å²) in [6, 6.07) is 24.1. The number of carbonyl (C=O) groups is 1. The zero-order valence-corrected chi connectivity index (χ0v) is 20.7. The molecule has 0 atom stereocenters. The van der Waals surface area contributed by atoms with Crippen molar-refractivity contribution in [3.8, 4) is 0 Å². The van der Waals surface area contributed by atoms with Gasteiger partial charge in [-0.25, -0.2) is 8.42 Å². The molecule has 0 spiro atoms. The second-order valence-corrected chi connectivity index (χ2v) is 10.8. The van der Waals surface area contributed by atoms with E-state index >= 15 is 0 Å². The fraction of sp³-hybridized carbons (Fsp3) is 0.269. The highest BCUT2D eigenvalue weighted by molar-refractivity contribution is 7.98. The highest BCUT2D eigenvalue weighted by Crippen LogP contribution is 2.27. The van der Waals surface area contributed by atoms with E-state index in [4.69, 9.17) is 0 Å². The molecule has 0 saturated carbocycles. The summed E-state index contributed by atoms with van der Waals surface area (Å²) in [5, 5.41) is 2.88. The summed E-state index contributed by atoms with van der Waals surface area (Å²) in [6.07, 6.45) is 0.818. The van der Waals surface area contributed by atoms with Crippen molar-refractivity contribution in [3.63, 3.8) is 0 Å². The van der Waals surface area contributed by atoms with Gasteiger partial charge in [0.15, 0.2) is 0 Å². The Labute approximate surface area is 201 Å². The third-order valence-corrected chi connectivity index (χ3v) is 8.04. The molecule has 3 rings (SSSR count). The van der Waals surface area contributed by atoms with Crippen LogP contribution in [0.15, 0.2) is 83.8 Å². The first-order chi connectivity index (χ1) is 15.9. The average molecular weight is 483 g/mol. The minimum atomic E-state index is -3.89. The number of hydrogen-bond donors (Lipinski definition) is 1. The highest BCUT2D eigenvalue weighted by atomic mass is 32.2. The lowest BCUT2D eigenvalue weighted by Gasteiger charge is -2.26. The number of aryl methyl sites for hydroxylation is 2. The summed E-state index contributed by atoms with van der Waals surface area (Å²) >= 11 is 1.82. The minimum Gasteiger partial charge on any atom is -0.354 e. The van der Waals surface area contributed by atoms with Crippen LogP contribution in [0.5, 0.6) is 0 Å². The van der Waals surface area contributed by atoms with Gasteiger partial charge in [-0.1, -0.05) is 60.7 Å². The van der Waals surface area contributed by atoms with Gasteiger partial charge >= 0.3 is 0 Å². The van der Waals surface area contributed by atoms with Crippen LogP contribution in [0.2, 0.25) is 0 Å². The van der Waals surface area contributed by atoms with E-state index in [1.807, 2.05) is 62.0 Å². The van der Waals surface area contributed by atoms with Crippen molar-refractivity contribution in [2.24, 2.45) is 0 Å². The van der Waals surface area contributed by atoms with E-state index in [-0.39, 0.29) is 17.3 Å². The molecule has 0 aliphatic rings. The van der Waals surface area contributed by atoms with E-state index in [2.05, 4.69) is 17.4 Å². The first-order valence-electron chi connectivity index (χ1n) is 10.9. The van der Waals surface area contributed by atoms with Crippen LogP contribution < -0.4 is 9.62 Å². The maximum absolute atomic E-state index is 13.4. The fourth-order valence-corrected chi connectivity index (χ4v) is 5.78. The van der Waals surface area contributed by atoms with Gasteiger partial charge in [-0.05, 0) is 60.9 Å². The molecule has 0 aliphatic carbocycles. The Morgan fingerprint density at radius 2 is 1.61 bits per heavy atom. The van der Waals surface area contributed by atoms with Crippen LogP contribution in [0.1, 0.15) is 23.1 Å². The molecule has 0 aromatic heterocycles. The summed E-state index contributed by atoms with van der Waals surface area (Å²) in [7, 11) is -3.89. The van der Waals surface area contributed by atoms with Crippen molar-refractivity contribution >= 4 is 33.4 Å². The SMILES string of the molecule is Cc1ccc(C)c(N(CC(=O)NCCCSCc2ccccc2)S(=O)(=O)c2ccccc2)c1. The van der Waals surface area contributed by atoms with Gasteiger partial charge in [0.1, 0.15) is 6.54 Å². The Bertz CT molecular complexity index is 1150. The van der Waals surface area contributed by atoms with E-state index in [0.717, 1.165) is 29.1 Å².